The third-order valence-corrected chi connectivity index (χ3v) is 0. The summed E-state index contributed by atoms with van der Waals surface area (Å²) in [6.45, 7) is 0. The molecule has 0 amide bonds. The molecule has 0 N–H and O–H groups in total. The van der Waals surface area contributed by atoms with E-state index in [9.17, 15) is 0 Å². The van der Waals surface area contributed by atoms with Gasteiger partial charge in [0.1, 0.15) is 0 Å². The van der Waals surface area contributed by atoms with E-state index in [4.69, 9.17) is 35.0 Å². The van der Waals surface area contributed by atoms with Crippen LogP contribution in [-0.2, 0) is 48.1 Å². The van der Waals surface area contributed by atoms with Crippen LogP contribution in [0.1, 0.15) is 0 Å². The van der Waals surface area contributed by atoms with Crippen molar-refractivity contribution < 1.29 is 62.3 Å². The van der Waals surface area contributed by atoms with Gasteiger partial charge in [-0.05, 0) is 0 Å². The predicted octanol–water partition coefficient (Wildman–Crippen LogP) is -3.06. The van der Waals surface area contributed by atoms with Gasteiger partial charge in [-0.3, -0.25) is 16.8 Å². The van der Waals surface area contributed by atoms with Crippen LogP contribution in [-0.4, -0.2) is 52.1 Å². The summed E-state index contributed by atoms with van der Waals surface area (Å²) in [5, 5.41) is 0. The van der Waals surface area contributed by atoms with Crippen molar-refractivity contribution in [3.63, 3.8) is 0 Å². The van der Waals surface area contributed by atoms with E-state index in [2.05, 4.69) is 0 Å². The van der Waals surface area contributed by atoms with Gasteiger partial charge in [-0.1, -0.05) is 0 Å². The molecule has 0 rings (SSSR count). The Bertz CT molecular complexity index is 213. The van der Waals surface area contributed by atoms with Crippen LogP contribution < -0.4 is 0 Å². The molecule has 0 aliphatic rings. The van der Waals surface area contributed by atoms with E-state index in [-0.39, 0.29) is 44.4 Å². The van der Waals surface area contributed by atoms with Crippen LogP contribution in [0.15, 0.2) is 0 Å². The van der Waals surface area contributed by atoms with E-state index < -0.39 is 20.8 Å². The van der Waals surface area contributed by atoms with Gasteiger partial charge in [-0.2, -0.15) is 0 Å². The fourth-order valence-electron chi connectivity index (χ4n) is 0. The van der Waals surface area contributed by atoms with Crippen LogP contribution in [0.5, 0.6) is 0 Å². The molecule has 0 spiro atoms. The summed E-state index contributed by atoms with van der Waals surface area (Å²) < 4.78 is 68.2. The van der Waals surface area contributed by atoms with Gasteiger partial charge in [0.15, 0.2) is 0 Å². The molecule has 68 valence electrons. The molecule has 0 saturated carbocycles. The summed E-state index contributed by atoms with van der Waals surface area (Å²) in [5.41, 5.74) is 0. The van der Waals surface area contributed by atoms with Crippen molar-refractivity contribution in [2.75, 3.05) is 0 Å². The second-order valence-electron chi connectivity index (χ2n) is 0.816. The first-order valence-corrected chi connectivity index (χ1v) is 4.00. The second-order valence-corrected chi connectivity index (χ2v) is 2.45. The van der Waals surface area contributed by atoms with Crippen LogP contribution in [0, 0.1) is 0 Å². The molecule has 4 radical (unpaired) electrons. The number of hydrogen-bond acceptors (Lipinski definition) is 8. The Kier molecular flexibility index (Phi) is 16.9. The van der Waals surface area contributed by atoms with E-state index in [1.165, 1.54) is 0 Å². The average Bonchev–Trinajstić information content (AvgIpc) is 1.12. The topological polar surface area (TPSA) is 161 Å². The molecule has 0 aliphatic heterocycles. The van der Waals surface area contributed by atoms with Crippen LogP contribution >= 0.6 is 0 Å². The smallest absolute Gasteiger partial charge is 0.759 e. The summed E-state index contributed by atoms with van der Waals surface area (Å²) in [4.78, 5) is 0. The van der Waals surface area contributed by atoms with Gasteiger partial charge in [0, 0.05) is 20.8 Å². The molecular formula is CdO8S2Se. The Morgan fingerprint density at radius 2 is 0.667 bits per heavy atom. The summed E-state index contributed by atoms with van der Waals surface area (Å²) in [6.07, 6.45) is 0. The van der Waals surface area contributed by atoms with Crippen molar-refractivity contribution in [3.05, 3.63) is 0 Å². The van der Waals surface area contributed by atoms with E-state index in [1.807, 2.05) is 0 Å². The summed E-state index contributed by atoms with van der Waals surface area (Å²) in [7, 11) is -10.3. The van der Waals surface area contributed by atoms with Gasteiger partial charge >= 0.3 is 44.4 Å². The van der Waals surface area contributed by atoms with Gasteiger partial charge in [0.2, 0.25) is 0 Å². The molecule has 0 fully saturated rings. The number of hydrogen-bond donors (Lipinski definition) is 0. The fourth-order valence-corrected chi connectivity index (χ4v) is 0. The van der Waals surface area contributed by atoms with Crippen molar-refractivity contribution in [2.45, 2.75) is 0 Å². The predicted molar refractivity (Wildman–Crippen MR) is 26.7 cm³/mol. The van der Waals surface area contributed by atoms with Crippen LogP contribution in [0.3, 0.4) is 0 Å². The maximum atomic E-state index is 8.52. The second kappa shape index (κ2) is 8.77. The first kappa shape index (κ1) is 23.2. The minimum atomic E-state index is -5.17. The average molecular weight is 383 g/mol. The van der Waals surface area contributed by atoms with Crippen molar-refractivity contribution in [1.82, 2.24) is 0 Å². The molecule has 0 atom stereocenters. The molecule has 0 bridgehead atoms. The largest absolute Gasteiger partial charge is 2.00 e. The van der Waals surface area contributed by atoms with Gasteiger partial charge in [0.25, 0.3) is 0 Å². The van der Waals surface area contributed by atoms with E-state index in [0.717, 1.165) is 0 Å². The van der Waals surface area contributed by atoms with Gasteiger partial charge in [-0.25, -0.2) is 0 Å². The Morgan fingerprint density at radius 1 is 0.667 bits per heavy atom. The summed E-state index contributed by atoms with van der Waals surface area (Å²) >= 11 is 0. The summed E-state index contributed by atoms with van der Waals surface area (Å²) in [6, 6.07) is 0. The monoisotopic (exact) mass is 386 g/mol. The zero-order chi connectivity index (χ0) is 9.00. The SMILES string of the molecule is O=S(=O)([O-])[O-].O=S(=O)([O-])[O-].[Cd+2].[Se+2]. The molecule has 0 aliphatic carbocycles. The van der Waals surface area contributed by atoms with Gasteiger partial charge in [0.05, 0.1) is 0 Å². The third-order valence-electron chi connectivity index (χ3n) is 0. The van der Waals surface area contributed by atoms with Crippen molar-refractivity contribution in [2.24, 2.45) is 0 Å². The molecule has 0 saturated heterocycles. The van der Waals surface area contributed by atoms with Crippen LogP contribution in [0.2, 0.25) is 0 Å². The Hall–Kier alpha value is 1.18. The first-order valence-electron chi connectivity index (χ1n) is 1.33. The minimum absolute atomic E-state index is 0. The standard InChI is InChI=1S/Cd.2H2O4S.Se/c;2*1-5(2,3)4;/h;2*(H2,1,2,3,4);/q+2;;;+2/p-4. The zero-order valence-corrected chi connectivity index (χ0v) is 12.6. The molecule has 12 heteroatoms. The molecule has 0 unspecified atom stereocenters. The molecule has 0 aromatic carbocycles. The Morgan fingerprint density at radius 3 is 0.667 bits per heavy atom. The molecule has 8 nitrogen and oxygen atoms in total. The maximum absolute atomic E-state index is 8.52. The Labute approximate surface area is 99.5 Å². The minimum Gasteiger partial charge on any atom is -0.759 e. The normalized spacial score (nSPS) is 9.67. The fraction of sp³-hybridized carbons (Fsp3) is 0. The van der Waals surface area contributed by atoms with Gasteiger partial charge in [-0.15, -0.1) is 0 Å². The van der Waals surface area contributed by atoms with Crippen molar-refractivity contribution in [3.8, 4) is 0 Å². The van der Waals surface area contributed by atoms with Gasteiger partial charge < -0.3 is 18.2 Å². The van der Waals surface area contributed by atoms with E-state index in [1.54, 1.807) is 0 Å². The molecule has 0 heterocycles. The molecular weight excluding hydrogens is 383 g/mol. The van der Waals surface area contributed by atoms with Crippen molar-refractivity contribution in [1.29, 1.82) is 0 Å². The molecule has 0 aromatic rings. The maximum Gasteiger partial charge on any atom is 2.00 e. The summed E-state index contributed by atoms with van der Waals surface area (Å²) in [5.74, 6) is 0. The van der Waals surface area contributed by atoms with Crippen molar-refractivity contribution >= 4 is 37.9 Å². The van der Waals surface area contributed by atoms with E-state index in [0.29, 0.717) is 0 Å². The van der Waals surface area contributed by atoms with E-state index >= 15 is 0 Å². The first-order chi connectivity index (χ1) is 4.00. The third kappa shape index (κ3) is 830. The van der Waals surface area contributed by atoms with Crippen LogP contribution in [0.25, 0.3) is 0 Å². The number of rotatable bonds is 0. The Balaban J connectivity index is -0.0000000457. The van der Waals surface area contributed by atoms with Crippen LogP contribution in [0.4, 0.5) is 0 Å². The quantitative estimate of drug-likeness (QED) is 0.242. The molecule has 0 aromatic heterocycles. The molecule has 12 heavy (non-hydrogen) atoms. The zero-order valence-electron chi connectivity index (χ0n) is 5.20.